The topological polar surface area (TPSA) is 128 Å². The second-order valence-electron chi connectivity index (χ2n) is 8.04. The molecule has 0 spiro atoms. The molecule has 4 aromatic rings. The van der Waals surface area contributed by atoms with Crippen molar-refractivity contribution in [2.75, 3.05) is 5.01 Å². The Morgan fingerprint density at radius 3 is 2.09 bits per heavy atom. The maximum Gasteiger partial charge on any atom is 0.336 e. The van der Waals surface area contributed by atoms with Crippen LogP contribution in [0.5, 0.6) is 0 Å². The lowest BCUT2D eigenvalue weighted by molar-refractivity contribution is -0.386. The van der Waals surface area contributed by atoms with Gasteiger partial charge in [-0.05, 0) is 30.2 Å². The molecule has 0 saturated carbocycles. The highest BCUT2D eigenvalue weighted by molar-refractivity contribution is 6.08. The van der Waals surface area contributed by atoms with Crippen molar-refractivity contribution in [3.8, 4) is 0 Å². The van der Waals surface area contributed by atoms with E-state index in [0.717, 1.165) is 5.56 Å². The van der Waals surface area contributed by atoms with Gasteiger partial charge in [-0.15, -0.1) is 0 Å². The van der Waals surface area contributed by atoms with E-state index in [2.05, 4.69) is 5.16 Å². The number of aromatic nitrogens is 1. The largest absolute Gasteiger partial charge is 0.351 e. The summed E-state index contributed by atoms with van der Waals surface area (Å²) in [4.78, 5) is 22.3. The molecule has 0 bridgehead atoms. The summed E-state index contributed by atoms with van der Waals surface area (Å²) >= 11 is 0. The highest BCUT2D eigenvalue weighted by Crippen LogP contribution is 2.48. The van der Waals surface area contributed by atoms with Crippen LogP contribution in [0.3, 0.4) is 0 Å². The summed E-state index contributed by atoms with van der Waals surface area (Å²) in [7, 11) is 0. The number of hydrogen-bond donors (Lipinski definition) is 0. The average Bonchev–Trinajstić information content (AvgIpc) is 3.46. The zero-order valence-electron chi connectivity index (χ0n) is 18.5. The highest BCUT2D eigenvalue weighted by Gasteiger charge is 2.47. The predicted octanol–water partition coefficient (Wildman–Crippen LogP) is 5.55. The van der Waals surface area contributed by atoms with Gasteiger partial charge in [0, 0.05) is 12.1 Å². The number of rotatable bonds is 6. The van der Waals surface area contributed by atoms with Crippen molar-refractivity contribution in [2.45, 2.75) is 18.9 Å². The molecule has 2 heterocycles. The molecular formula is C25H19N5O5. The molecule has 10 heteroatoms. The Morgan fingerprint density at radius 1 is 0.857 bits per heavy atom. The Kier molecular flexibility index (Phi) is 5.54. The number of nitro groups is 2. The fraction of sp³-hybridized carbons (Fsp3) is 0.120. The lowest BCUT2D eigenvalue weighted by Crippen LogP contribution is -2.25. The van der Waals surface area contributed by atoms with Gasteiger partial charge in [-0.2, -0.15) is 5.10 Å². The number of anilines is 1. The van der Waals surface area contributed by atoms with E-state index in [1.807, 2.05) is 60.7 Å². The molecule has 1 aliphatic heterocycles. The molecular weight excluding hydrogens is 450 g/mol. The number of hydrazone groups is 1. The molecule has 1 aliphatic rings. The summed E-state index contributed by atoms with van der Waals surface area (Å²) in [5.74, 6) is -0.473. The van der Waals surface area contributed by atoms with E-state index in [1.165, 1.54) is 19.1 Å². The SMILES string of the molecule is Cc1noc(C2C(c3ccc([N+](=O)[O-])cc3)C(c3ccccc3)=NN2c2ccccc2)c1[N+](=O)[O-]. The van der Waals surface area contributed by atoms with Gasteiger partial charge < -0.3 is 4.52 Å². The van der Waals surface area contributed by atoms with Gasteiger partial charge >= 0.3 is 5.69 Å². The van der Waals surface area contributed by atoms with Gasteiger partial charge in [0.1, 0.15) is 6.04 Å². The fourth-order valence-corrected chi connectivity index (χ4v) is 4.38. The van der Waals surface area contributed by atoms with Crippen LogP contribution in [0.15, 0.2) is 94.6 Å². The van der Waals surface area contributed by atoms with E-state index in [0.29, 0.717) is 17.0 Å². The molecule has 0 N–H and O–H groups in total. The minimum absolute atomic E-state index is 0.0529. The smallest absolute Gasteiger partial charge is 0.336 e. The number of aryl methyl sites for hydroxylation is 1. The fourth-order valence-electron chi connectivity index (χ4n) is 4.38. The van der Waals surface area contributed by atoms with Crippen LogP contribution in [0.1, 0.15) is 34.5 Å². The van der Waals surface area contributed by atoms with Gasteiger partial charge in [0.05, 0.1) is 27.2 Å². The lowest BCUT2D eigenvalue weighted by Gasteiger charge is -2.26. The number of nitrogens with zero attached hydrogens (tertiary/aromatic N) is 5. The summed E-state index contributed by atoms with van der Waals surface area (Å²) in [5.41, 5.74) is 2.77. The zero-order valence-corrected chi connectivity index (χ0v) is 18.5. The van der Waals surface area contributed by atoms with E-state index in [1.54, 1.807) is 17.1 Å². The van der Waals surface area contributed by atoms with Crippen molar-refractivity contribution in [3.63, 3.8) is 0 Å². The molecule has 0 amide bonds. The summed E-state index contributed by atoms with van der Waals surface area (Å²) in [6.45, 7) is 1.52. The van der Waals surface area contributed by atoms with Crippen molar-refractivity contribution in [1.29, 1.82) is 0 Å². The third-order valence-electron chi connectivity index (χ3n) is 5.95. The highest BCUT2D eigenvalue weighted by atomic mass is 16.6. The Hall–Kier alpha value is -4.86. The van der Waals surface area contributed by atoms with Crippen molar-refractivity contribution in [3.05, 3.63) is 128 Å². The molecule has 2 atom stereocenters. The molecule has 0 radical (unpaired) electrons. The zero-order chi connectivity index (χ0) is 24.5. The van der Waals surface area contributed by atoms with E-state index in [-0.39, 0.29) is 22.8 Å². The average molecular weight is 469 g/mol. The second-order valence-corrected chi connectivity index (χ2v) is 8.04. The van der Waals surface area contributed by atoms with Crippen molar-refractivity contribution in [1.82, 2.24) is 5.16 Å². The van der Waals surface area contributed by atoms with Gasteiger partial charge in [0.2, 0.25) is 5.76 Å². The molecule has 35 heavy (non-hydrogen) atoms. The second kappa shape index (κ2) is 8.82. The van der Waals surface area contributed by atoms with E-state index in [4.69, 9.17) is 9.62 Å². The molecule has 174 valence electrons. The molecule has 5 rings (SSSR count). The minimum atomic E-state index is -0.754. The van der Waals surface area contributed by atoms with E-state index in [9.17, 15) is 20.2 Å². The Bertz CT molecular complexity index is 1420. The maximum absolute atomic E-state index is 12.0. The molecule has 3 aromatic carbocycles. The van der Waals surface area contributed by atoms with Crippen molar-refractivity contribution < 1.29 is 14.4 Å². The minimum Gasteiger partial charge on any atom is -0.351 e. The first-order chi connectivity index (χ1) is 17.0. The quantitative estimate of drug-likeness (QED) is 0.267. The van der Waals surface area contributed by atoms with Gasteiger partial charge in [-0.25, -0.2) is 0 Å². The van der Waals surface area contributed by atoms with Crippen molar-refractivity contribution >= 4 is 22.8 Å². The first-order valence-corrected chi connectivity index (χ1v) is 10.8. The van der Waals surface area contributed by atoms with Crippen LogP contribution in [0.2, 0.25) is 0 Å². The van der Waals surface area contributed by atoms with E-state index >= 15 is 0 Å². The van der Waals surface area contributed by atoms with Crippen LogP contribution in [0.4, 0.5) is 17.1 Å². The molecule has 1 aromatic heterocycles. The first-order valence-electron chi connectivity index (χ1n) is 10.8. The van der Waals surface area contributed by atoms with Crippen LogP contribution in [-0.2, 0) is 0 Å². The summed E-state index contributed by atoms with van der Waals surface area (Å²) in [5, 5.41) is 33.7. The first kappa shape index (κ1) is 22.0. The standard InChI is InChI=1S/C25H19N5O5/c1-16-23(30(33)34)25(35-27-16)24-21(17-12-14-20(15-13-17)29(31)32)22(18-8-4-2-5-9-18)26-28(24)19-10-6-3-7-11-19/h2-15,21,24H,1H3. The Balaban J connectivity index is 1.75. The lowest BCUT2D eigenvalue weighted by atomic mass is 9.83. The van der Waals surface area contributed by atoms with Gasteiger partial charge in [-0.3, -0.25) is 25.2 Å². The number of nitro benzene ring substituents is 1. The molecule has 0 saturated heterocycles. The van der Waals surface area contributed by atoms with Crippen LogP contribution in [-0.4, -0.2) is 20.7 Å². The number of para-hydroxylation sites is 1. The summed E-state index contributed by atoms with van der Waals surface area (Å²) in [6.07, 6.45) is 0. The molecule has 0 fully saturated rings. The van der Waals surface area contributed by atoms with Crippen LogP contribution in [0.25, 0.3) is 0 Å². The van der Waals surface area contributed by atoms with Crippen LogP contribution < -0.4 is 5.01 Å². The van der Waals surface area contributed by atoms with Crippen LogP contribution in [0, 0.1) is 27.2 Å². The summed E-state index contributed by atoms with van der Waals surface area (Å²) < 4.78 is 5.58. The van der Waals surface area contributed by atoms with Gasteiger partial charge in [0.15, 0.2) is 5.69 Å². The maximum atomic E-state index is 12.0. The van der Waals surface area contributed by atoms with Gasteiger partial charge in [-0.1, -0.05) is 65.8 Å². The Labute approximate surface area is 199 Å². The third kappa shape index (κ3) is 3.90. The monoisotopic (exact) mass is 469 g/mol. The number of benzene rings is 3. The van der Waals surface area contributed by atoms with Crippen LogP contribution >= 0.6 is 0 Å². The molecule has 0 aliphatic carbocycles. The van der Waals surface area contributed by atoms with Crippen molar-refractivity contribution in [2.24, 2.45) is 5.10 Å². The molecule has 2 unspecified atom stereocenters. The number of hydrogen-bond acceptors (Lipinski definition) is 8. The number of non-ortho nitro benzene ring substituents is 1. The third-order valence-corrected chi connectivity index (χ3v) is 5.95. The Morgan fingerprint density at radius 2 is 1.49 bits per heavy atom. The molecule has 10 nitrogen and oxygen atoms in total. The van der Waals surface area contributed by atoms with E-state index < -0.39 is 21.8 Å². The van der Waals surface area contributed by atoms with Gasteiger partial charge in [0.25, 0.3) is 5.69 Å². The summed E-state index contributed by atoms with van der Waals surface area (Å²) in [6, 6.07) is 24.1. The predicted molar refractivity (Wildman–Crippen MR) is 128 cm³/mol. The normalized spacial score (nSPS) is 17.3.